The van der Waals surface area contributed by atoms with Crippen molar-refractivity contribution in [2.24, 2.45) is 0 Å². The zero-order chi connectivity index (χ0) is 10.8. The van der Waals surface area contributed by atoms with Crippen molar-refractivity contribution >= 4 is 0 Å². The van der Waals surface area contributed by atoms with E-state index in [0.717, 1.165) is 38.8 Å². The minimum Gasteiger partial charge on any atom is -0.393 e. The Labute approximate surface area is 92.4 Å². The summed E-state index contributed by atoms with van der Waals surface area (Å²) >= 11 is 0. The van der Waals surface area contributed by atoms with E-state index in [9.17, 15) is 5.11 Å². The van der Waals surface area contributed by atoms with Gasteiger partial charge >= 0.3 is 0 Å². The van der Waals surface area contributed by atoms with Crippen molar-refractivity contribution in [2.45, 2.75) is 63.8 Å². The Morgan fingerprint density at radius 3 is 2.47 bits per heavy atom. The molecule has 2 fully saturated rings. The van der Waals surface area contributed by atoms with Gasteiger partial charge in [0.15, 0.2) is 0 Å². The number of rotatable bonds is 1. The van der Waals surface area contributed by atoms with Crippen LogP contribution in [-0.4, -0.2) is 47.4 Å². The van der Waals surface area contributed by atoms with Crippen LogP contribution in [0.3, 0.4) is 0 Å². The molecule has 1 N–H and O–H groups in total. The van der Waals surface area contributed by atoms with Gasteiger partial charge in [0, 0.05) is 18.6 Å². The molecule has 1 aliphatic carbocycles. The van der Waals surface area contributed by atoms with Crippen LogP contribution in [0.25, 0.3) is 0 Å². The highest BCUT2D eigenvalue weighted by Crippen LogP contribution is 2.26. The van der Waals surface area contributed by atoms with Gasteiger partial charge in [0.25, 0.3) is 0 Å². The van der Waals surface area contributed by atoms with Gasteiger partial charge in [-0.2, -0.15) is 0 Å². The van der Waals surface area contributed by atoms with Gasteiger partial charge in [-0.3, -0.25) is 4.90 Å². The van der Waals surface area contributed by atoms with E-state index >= 15 is 0 Å². The Hall–Kier alpha value is -0.120. The summed E-state index contributed by atoms with van der Waals surface area (Å²) in [5.41, 5.74) is 0. The number of nitrogens with zero attached hydrogens (tertiary/aromatic N) is 1. The second-order valence-corrected chi connectivity index (χ2v) is 5.15. The fourth-order valence-corrected chi connectivity index (χ4v) is 2.83. The van der Waals surface area contributed by atoms with E-state index < -0.39 is 0 Å². The van der Waals surface area contributed by atoms with E-state index in [-0.39, 0.29) is 6.10 Å². The molecule has 1 saturated carbocycles. The van der Waals surface area contributed by atoms with Crippen LogP contribution < -0.4 is 0 Å². The quantitative estimate of drug-likeness (QED) is 0.714. The van der Waals surface area contributed by atoms with Gasteiger partial charge < -0.3 is 9.84 Å². The first kappa shape index (κ1) is 11.4. The Bertz CT molecular complexity index is 202. The van der Waals surface area contributed by atoms with Crippen molar-refractivity contribution in [2.75, 3.05) is 13.2 Å². The predicted molar refractivity (Wildman–Crippen MR) is 59.8 cm³/mol. The van der Waals surface area contributed by atoms with Gasteiger partial charge in [-0.1, -0.05) is 0 Å². The molecule has 0 aromatic rings. The molecule has 0 aromatic carbocycles. The lowest BCUT2D eigenvalue weighted by molar-refractivity contribution is -0.0757. The monoisotopic (exact) mass is 213 g/mol. The topological polar surface area (TPSA) is 32.7 Å². The van der Waals surface area contributed by atoms with Crippen LogP contribution in [0.5, 0.6) is 0 Å². The lowest BCUT2D eigenvalue weighted by Crippen LogP contribution is -2.53. The Morgan fingerprint density at radius 2 is 1.80 bits per heavy atom. The maximum Gasteiger partial charge on any atom is 0.0674 e. The van der Waals surface area contributed by atoms with Crippen LogP contribution in [0.4, 0.5) is 0 Å². The van der Waals surface area contributed by atoms with Crippen molar-refractivity contribution in [3.8, 4) is 0 Å². The normalized spacial score (nSPS) is 44.2. The predicted octanol–water partition coefficient (Wildman–Crippen LogP) is 1.40. The maximum absolute atomic E-state index is 9.50. The SMILES string of the molecule is CC1CN(C2CCC(O)CC2)C(C)CO1. The Morgan fingerprint density at radius 1 is 1.13 bits per heavy atom. The molecule has 0 aromatic heterocycles. The summed E-state index contributed by atoms with van der Waals surface area (Å²) in [5.74, 6) is 0. The molecule has 88 valence electrons. The summed E-state index contributed by atoms with van der Waals surface area (Å²) in [4.78, 5) is 2.58. The van der Waals surface area contributed by atoms with E-state index in [2.05, 4.69) is 18.7 Å². The Kier molecular flexibility index (Phi) is 3.65. The molecule has 3 heteroatoms. The van der Waals surface area contributed by atoms with Crippen LogP contribution in [0.2, 0.25) is 0 Å². The first-order valence-electron chi connectivity index (χ1n) is 6.22. The number of hydrogen-bond donors (Lipinski definition) is 1. The van der Waals surface area contributed by atoms with Crippen molar-refractivity contribution in [3.63, 3.8) is 0 Å². The molecule has 1 heterocycles. The molecule has 0 spiro atoms. The summed E-state index contributed by atoms with van der Waals surface area (Å²) in [7, 11) is 0. The number of morpholine rings is 1. The highest BCUT2D eigenvalue weighted by Gasteiger charge is 2.31. The van der Waals surface area contributed by atoms with Gasteiger partial charge in [0.1, 0.15) is 0 Å². The van der Waals surface area contributed by atoms with Crippen LogP contribution in [-0.2, 0) is 4.74 Å². The van der Waals surface area contributed by atoms with Crippen molar-refractivity contribution in [1.29, 1.82) is 0 Å². The summed E-state index contributed by atoms with van der Waals surface area (Å²) < 4.78 is 5.64. The first-order chi connectivity index (χ1) is 7.16. The van der Waals surface area contributed by atoms with E-state index in [1.54, 1.807) is 0 Å². The van der Waals surface area contributed by atoms with Crippen molar-refractivity contribution in [3.05, 3.63) is 0 Å². The smallest absolute Gasteiger partial charge is 0.0674 e. The fourth-order valence-electron chi connectivity index (χ4n) is 2.83. The van der Waals surface area contributed by atoms with Crippen LogP contribution in [0.1, 0.15) is 39.5 Å². The summed E-state index contributed by atoms with van der Waals surface area (Å²) in [5, 5.41) is 9.50. The van der Waals surface area contributed by atoms with E-state index in [1.807, 2.05) is 0 Å². The van der Waals surface area contributed by atoms with Gasteiger partial charge in [0.2, 0.25) is 0 Å². The molecule has 2 rings (SSSR count). The van der Waals surface area contributed by atoms with E-state index in [1.165, 1.54) is 0 Å². The van der Waals surface area contributed by atoms with Crippen LogP contribution in [0.15, 0.2) is 0 Å². The van der Waals surface area contributed by atoms with Crippen molar-refractivity contribution in [1.82, 2.24) is 4.90 Å². The first-order valence-corrected chi connectivity index (χ1v) is 6.22. The maximum atomic E-state index is 9.50. The second-order valence-electron chi connectivity index (χ2n) is 5.15. The second kappa shape index (κ2) is 4.81. The number of aliphatic hydroxyl groups is 1. The average Bonchev–Trinajstić information content (AvgIpc) is 2.23. The third kappa shape index (κ3) is 2.71. The van der Waals surface area contributed by atoms with Gasteiger partial charge in [0.05, 0.1) is 18.8 Å². The lowest BCUT2D eigenvalue weighted by Gasteiger charge is -2.44. The molecule has 0 radical (unpaired) electrons. The average molecular weight is 213 g/mol. The number of hydrogen-bond acceptors (Lipinski definition) is 3. The molecule has 2 unspecified atom stereocenters. The molecule has 2 aliphatic rings. The zero-order valence-corrected chi connectivity index (χ0v) is 9.85. The summed E-state index contributed by atoms with van der Waals surface area (Å²) in [6.07, 6.45) is 4.57. The van der Waals surface area contributed by atoms with E-state index in [0.29, 0.717) is 18.2 Å². The molecule has 0 bridgehead atoms. The highest BCUT2D eigenvalue weighted by molar-refractivity contribution is 4.85. The number of aliphatic hydroxyl groups excluding tert-OH is 1. The molecule has 0 amide bonds. The van der Waals surface area contributed by atoms with Gasteiger partial charge in [-0.25, -0.2) is 0 Å². The number of ether oxygens (including phenoxy) is 1. The molecule has 3 nitrogen and oxygen atoms in total. The fraction of sp³-hybridized carbons (Fsp3) is 1.00. The lowest BCUT2D eigenvalue weighted by atomic mass is 9.90. The molecular weight excluding hydrogens is 190 g/mol. The van der Waals surface area contributed by atoms with Crippen LogP contribution >= 0.6 is 0 Å². The molecule has 15 heavy (non-hydrogen) atoms. The minimum absolute atomic E-state index is 0.0463. The van der Waals surface area contributed by atoms with Crippen molar-refractivity contribution < 1.29 is 9.84 Å². The van der Waals surface area contributed by atoms with Gasteiger partial charge in [-0.05, 0) is 39.5 Å². The zero-order valence-electron chi connectivity index (χ0n) is 9.85. The molecular formula is C12H23NO2. The van der Waals surface area contributed by atoms with Crippen LogP contribution in [0, 0.1) is 0 Å². The summed E-state index contributed by atoms with van der Waals surface area (Å²) in [6.45, 7) is 6.32. The Balaban J connectivity index is 1.90. The molecule has 1 aliphatic heterocycles. The van der Waals surface area contributed by atoms with Gasteiger partial charge in [-0.15, -0.1) is 0 Å². The molecule has 2 atom stereocenters. The third-order valence-corrected chi connectivity index (χ3v) is 3.79. The highest BCUT2D eigenvalue weighted by atomic mass is 16.5. The van der Waals surface area contributed by atoms with E-state index in [4.69, 9.17) is 4.74 Å². The molecule has 1 saturated heterocycles. The summed E-state index contributed by atoms with van der Waals surface area (Å²) in [6, 6.07) is 1.22. The standard InChI is InChI=1S/C12H23NO2/c1-9-8-15-10(2)7-13(9)11-3-5-12(14)6-4-11/h9-12,14H,3-8H2,1-2H3. The largest absolute Gasteiger partial charge is 0.393 e. The third-order valence-electron chi connectivity index (χ3n) is 3.79. The minimum atomic E-state index is -0.0463.